The summed E-state index contributed by atoms with van der Waals surface area (Å²) in [5.74, 6) is 0.257. The largest absolute Gasteiger partial charge is 0.496 e. The van der Waals surface area contributed by atoms with E-state index in [1.165, 1.54) is 11.3 Å². The summed E-state index contributed by atoms with van der Waals surface area (Å²) in [6, 6.07) is 12.2. The molecule has 0 saturated heterocycles. The molecule has 4 rings (SSSR count). The molecule has 33 heavy (non-hydrogen) atoms. The third-order valence-corrected chi connectivity index (χ3v) is 6.67. The number of esters is 1. The lowest BCUT2D eigenvalue weighted by Gasteiger charge is -2.24. The van der Waals surface area contributed by atoms with Crippen molar-refractivity contribution in [3.8, 4) is 5.75 Å². The van der Waals surface area contributed by atoms with E-state index in [-0.39, 0.29) is 12.2 Å². The van der Waals surface area contributed by atoms with Crippen molar-refractivity contribution in [1.82, 2.24) is 4.57 Å². The summed E-state index contributed by atoms with van der Waals surface area (Å²) in [6.45, 7) is 5.69. The number of thiazole rings is 1. The van der Waals surface area contributed by atoms with E-state index < -0.39 is 12.0 Å². The number of hydrogen-bond donors (Lipinski definition) is 0. The van der Waals surface area contributed by atoms with Gasteiger partial charge >= 0.3 is 5.97 Å². The number of rotatable bonds is 5. The molecule has 0 fully saturated rings. The molecule has 0 unspecified atom stereocenters. The minimum absolute atomic E-state index is 0.225. The topological polar surface area (TPSA) is 69.9 Å². The van der Waals surface area contributed by atoms with Crippen LogP contribution in [-0.4, -0.2) is 24.3 Å². The van der Waals surface area contributed by atoms with Crippen LogP contribution in [0.2, 0.25) is 5.02 Å². The first-order chi connectivity index (χ1) is 15.8. The van der Waals surface area contributed by atoms with E-state index >= 15 is 0 Å². The second-order valence-electron chi connectivity index (χ2n) is 7.58. The van der Waals surface area contributed by atoms with Gasteiger partial charge in [-0.15, -0.1) is 0 Å². The van der Waals surface area contributed by atoms with Crippen molar-refractivity contribution in [2.75, 3.05) is 13.7 Å². The monoisotopic (exact) mass is 482 g/mol. The zero-order valence-electron chi connectivity index (χ0n) is 18.7. The van der Waals surface area contributed by atoms with Gasteiger partial charge in [-0.2, -0.15) is 0 Å². The lowest BCUT2D eigenvalue weighted by atomic mass is 9.96. The van der Waals surface area contributed by atoms with Crippen LogP contribution in [0.4, 0.5) is 0 Å². The van der Waals surface area contributed by atoms with E-state index in [1.54, 1.807) is 37.7 Å². The number of allylic oxidation sites excluding steroid dienone is 1. The van der Waals surface area contributed by atoms with Gasteiger partial charge < -0.3 is 9.47 Å². The molecule has 0 spiro atoms. The van der Waals surface area contributed by atoms with E-state index in [0.29, 0.717) is 25.6 Å². The van der Waals surface area contributed by atoms with Gasteiger partial charge in [0.15, 0.2) is 4.80 Å². The average molecular weight is 483 g/mol. The fourth-order valence-corrected chi connectivity index (χ4v) is 5.00. The number of fused-ring (bicyclic) bond motifs is 1. The predicted molar refractivity (Wildman–Crippen MR) is 130 cm³/mol. The van der Waals surface area contributed by atoms with Crippen LogP contribution in [0.25, 0.3) is 6.08 Å². The van der Waals surface area contributed by atoms with Crippen molar-refractivity contribution in [3.63, 3.8) is 0 Å². The summed E-state index contributed by atoms with van der Waals surface area (Å²) in [4.78, 5) is 31.6. The highest BCUT2D eigenvalue weighted by molar-refractivity contribution is 7.07. The van der Waals surface area contributed by atoms with Crippen LogP contribution in [-0.2, 0) is 9.53 Å². The van der Waals surface area contributed by atoms with Crippen molar-refractivity contribution in [2.45, 2.75) is 26.8 Å². The van der Waals surface area contributed by atoms with E-state index in [9.17, 15) is 9.59 Å². The molecule has 2 aromatic carbocycles. The molecule has 2 heterocycles. The molecular formula is C25H23ClN2O4S. The number of nitrogens with zero attached hydrogens (tertiary/aromatic N) is 2. The van der Waals surface area contributed by atoms with Gasteiger partial charge in [0, 0.05) is 5.02 Å². The van der Waals surface area contributed by atoms with Gasteiger partial charge in [-0.25, -0.2) is 9.79 Å². The minimum atomic E-state index is -0.660. The maximum atomic E-state index is 13.6. The first-order valence-corrected chi connectivity index (χ1v) is 11.6. The average Bonchev–Trinajstić information content (AvgIpc) is 3.09. The van der Waals surface area contributed by atoms with Crippen LogP contribution < -0.4 is 19.6 Å². The third kappa shape index (κ3) is 4.38. The molecule has 1 aromatic heterocycles. The Morgan fingerprint density at radius 3 is 2.61 bits per heavy atom. The minimum Gasteiger partial charge on any atom is -0.496 e. The number of ether oxygens (including phenoxy) is 2. The number of aryl methyl sites for hydroxylation is 1. The van der Waals surface area contributed by atoms with Crippen LogP contribution in [0.15, 0.2) is 63.5 Å². The molecule has 0 amide bonds. The Bertz CT molecular complexity index is 1430. The molecule has 0 bridgehead atoms. The Hall–Kier alpha value is -3.16. The Morgan fingerprint density at radius 2 is 1.94 bits per heavy atom. The maximum Gasteiger partial charge on any atom is 0.338 e. The third-order valence-electron chi connectivity index (χ3n) is 5.43. The standard InChI is InChI=1S/C25H23ClN2O4S/c1-5-32-24(30)21-15(3)27-25-28(22(21)17-8-10-18(26)11-9-17)23(29)20(33-25)13-16-7-6-14(2)19(12-16)31-4/h6-13,22H,5H2,1-4H3/b20-13-/t22-/m1/s1. The molecule has 170 valence electrons. The summed E-state index contributed by atoms with van der Waals surface area (Å²) in [7, 11) is 1.62. The number of carbonyl (C=O) groups is 1. The van der Waals surface area contributed by atoms with E-state index in [0.717, 1.165) is 22.4 Å². The second-order valence-corrected chi connectivity index (χ2v) is 9.03. The van der Waals surface area contributed by atoms with Gasteiger partial charge in [-0.1, -0.05) is 47.2 Å². The van der Waals surface area contributed by atoms with Crippen LogP contribution in [0.5, 0.6) is 5.75 Å². The normalized spacial score (nSPS) is 15.8. The number of methoxy groups -OCH3 is 1. The van der Waals surface area contributed by atoms with E-state index in [1.807, 2.05) is 43.3 Å². The summed E-state index contributed by atoms with van der Waals surface area (Å²) in [6.07, 6.45) is 1.81. The van der Waals surface area contributed by atoms with Crippen molar-refractivity contribution < 1.29 is 14.3 Å². The fraction of sp³-hybridized carbons (Fsp3) is 0.240. The zero-order chi connectivity index (χ0) is 23.7. The highest BCUT2D eigenvalue weighted by Crippen LogP contribution is 2.31. The smallest absolute Gasteiger partial charge is 0.338 e. The lowest BCUT2D eigenvalue weighted by Crippen LogP contribution is -2.39. The van der Waals surface area contributed by atoms with Gasteiger partial charge in [-0.05, 0) is 61.7 Å². The SMILES string of the molecule is CCOC(=O)C1=C(C)N=c2s/c(=C\c3ccc(C)c(OC)c3)c(=O)n2[C@@H]1c1ccc(Cl)cc1. The molecule has 3 aromatic rings. The molecule has 8 heteroatoms. The number of aromatic nitrogens is 1. The summed E-state index contributed by atoms with van der Waals surface area (Å²) >= 11 is 7.37. The van der Waals surface area contributed by atoms with Crippen molar-refractivity contribution >= 4 is 35.0 Å². The summed E-state index contributed by atoms with van der Waals surface area (Å²) in [5.41, 5.74) is 3.24. The second kappa shape index (κ2) is 9.37. The Kier molecular flexibility index (Phi) is 6.54. The predicted octanol–water partition coefficient (Wildman–Crippen LogP) is 3.77. The zero-order valence-corrected chi connectivity index (χ0v) is 20.3. The summed E-state index contributed by atoms with van der Waals surface area (Å²) < 4.78 is 12.8. The highest BCUT2D eigenvalue weighted by Gasteiger charge is 2.33. The van der Waals surface area contributed by atoms with Gasteiger partial charge in [-0.3, -0.25) is 9.36 Å². The molecule has 0 radical (unpaired) electrons. The molecule has 1 atom stereocenters. The molecule has 0 saturated carbocycles. The van der Waals surface area contributed by atoms with E-state index in [2.05, 4.69) is 4.99 Å². The van der Waals surface area contributed by atoms with Crippen molar-refractivity contribution in [1.29, 1.82) is 0 Å². The molecule has 6 nitrogen and oxygen atoms in total. The molecule has 1 aliphatic heterocycles. The van der Waals surface area contributed by atoms with Crippen LogP contribution in [0.3, 0.4) is 0 Å². The highest BCUT2D eigenvalue weighted by atomic mass is 35.5. The Balaban J connectivity index is 1.94. The number of halogens is 1. The quantitative estimate of drug-likeness (QED) is 0.519. The van der Waals surface area contributed by atoms with Crippen LogP contribution >= 0.6 is 22.9 Å². The van der Waals surface area contributed by atoms with Crippen LogP contribution in [0.1, 0.15) is 36.6 Å². The number of carbonyl (C=O) groups excluding carboxylic acids is 1. The molecule has 0 N–H and O–H groups in total. The number of hydrogen-bond acceptors (Lipinski definition) is 6. The first kappa shape index (κ1) is 23.0. The van der Waals surface area contributed by atoms with E-state index in [4.69, 9.17) is 21.1 Å². The first-order valence-electron chi connectivity index (χ1n) is 10.4. The number of benzene rings is 2. The summed E-state index contributed by atoms with van der Waals surface area (Å²) in [5, 5.41) is 0.567. The maximum absolute atomic E-state index is 13.6. The molecule has 1 aliphatic rings. The molecule has 0 aliphatic carbocycles. The van der Waals surface area contributed by atoms with Crippen molar-refractivity contribution in [3.05, 3.63) is 95.1 Å². The fourth-order valence-electron chi connectivity index (χ4n) is 3.83. The Morgan fingerprint density at radius 1 is 1.21 bits per heavy atom. The van der Waals surface area contributed by atoms with Gasteiger partial charge in [0.1, 0.15) is 5.75 Å². The van der Waals surface area contributed by atoms with Crippen LogP contribution in [0, 0.1) is 6.92 Å². The van der Waals surface area contributed by atoms with Crippen molar-refractivity contribution in [2.24, 2.45) is 4.99 Å². The van der Waals surface area contributed by atoms with Gasteiger partial charge in [0.2, 0.25) is 0 Å². The molecular weight excluding hydrogens is 460 g/mol. The van der Waals surface area contributed by atoms with Gasteiger partial charge in [0.25, 0.3) is 5.56 Å². The lowest BCUT2D eigenvalue weighted by molar-refractivity contribution is -0.139. The Labute approximate surface area is 200 Å². The van der Waals surface area contributed by atoms with Gasteiger partial charge in [0.05, 0.1) is 35.6 Å².